The molecule has 0 aliphatic carbocycles. The molecule has 1 aromatic heterocycles. The van der Waals surface area contributed by atoms with Crippen molar-refractivity contribution >= 4 is 11.8 Å². The van der Waals surface area contributed by atoms with Crippen molar-refractivity contribution in [1.29, 1.82) is 0 Å². The molecule has 2 aromatic rings. The first-order chi connectivity index (χ1) is 12.1. The molecule has 0 saturated carbocycles. The molecule has 1 saturated heterocycles. The van der Waals surface area contributed by atoms with Crippen LogP contribution in [0.1, 0.15) is 23.0 Å². The molecular weight excluding hydrogens is 322 g/mol. The van der Waals surface area contributed by atoms with Crippen molar-refractivity contribution in [1.82, 2.24) is 19.9 Å². The van der Waals surface area contributed by atoms with Crippen LogP contribution in [0.2, 0.25) is 0 Å². The number of aryl methyl sites for hydroxylation is 1. The minimum absolute atomic E-state index is 0.0322. The Kier molecular flexibility index (Phi) is 5.30. The molecule has 1 aliphatic heterocycles. The molecule has 8 nitrogen and oxygen atoms in total. The second-order valence-electron chi connectivity index (χ2n) is 6.04. The van der Waals surface area contributed by atoms with Gasteiger partial charge in [0.15, 0.2) is 5.82 Å². The van der Waals surface area contributed by atoms with Gasteiger partial charge in [-0.25, -0.2) is 4.79 Å². The average Bonchev–Trinajstić information content (AvgIpc) is 3.08. The summed E-state index contributed by atoms with van der Waals surface area (Å²) in [7, 11) is 0. The number of aliphatic hydroxyl groups excluding tert-OH is 1. The Morgan fingerprint density at radius 3 is 2.36 bits per heavy atom. The summed E-state index contributed by atoms with van der Waals surface area (Å²) >= 11 is 0. The van der Waals surface area contributed by atoms with E-state index in [0.29, 0.717) is 25.5 Å². The summed E-state index contributed by atoms with van der Waals surface area (Å²) in [5.74, 6) is -0.681. The number of aromatic carboxylic acids is 1. The lowest BCUT2D eigenvalue weighted by Gasteiger charge is -2.34. The second-order valence-corrected chi connectivity index (χ2v) is 6.04. The Labute approximate surface area is 146 Å². The van der Waals surface area contributed by atoms with Gasteiger partial charge < -0.3 is 15.1 Å². The maximum Gasteiger partial charge on any atom is 0.360 e. The topological polar surface area (TPSA) is 94.7 Å². The zero-order chi connectivity index (χ0) is 17.8. The number of anilines is 1. The van der Waals surface area contributed by atoms with Crippen molar-refractivity contribution in [3.05, 3.63) is 35.5 Å². The predicted molar refractivity (Wildman–Crippen MR) is 93.4 cm³/mol. The monoisotopic (exact) mass is 345 g/mol. The molecule has 1 fully saturated rings. The van der Waals surface area contributed by atoms with E-state index in [1.165, 1.54) is 10.4 Å². The molecule has 0 amide bonds. The van der Waals surface area contributed by atoms with Gasteiger partial charge in [-0.2, -0.15) is 0 Å². The number of carbonyl (C=O) groups is 1. The Morgan fingerprint density at radius 1 is 1.12 bits per heavy atom. The lowest BCUT2D eigenvalue weighted by Crippen LogP contribution is -2.47. The van der Waals surface area contributed by atoms with E-state index in [4.69, 9.17) is 5.11 Å². The molecule has 0 bridgehead atoms. The summed E-state index contributed by atoms with van der Waals surface area (Å²) in [5, 5.41) is 27.1. The van der Waals surface area contributed by atoms with Crippen LogP contribution in [0.4, 0.5) is 5.82 Å². The first-order valence-electron chi connectivity index (χ1n) is 8.50. The number of β-amino-alcohol motifs (C(OH)–C–C–N with tert-alkyl or cyclic N) is 1. The second kappa shape index (κ2) is 7.62. The third-order valence-electron chi connectivity index (χ3n) is 4.46. The number of carboxylic acid groups (broad SMARTS) is 1. The van der Waals surface area contributed by atoms with Gasteiger partial charge in [0.25, 0.3) is 0 Å². The highest BCUT2D eigenvalue weighted by molar-refractivity contribution is 5.91. The van der Waals surface area contributed by atoms with Gasteiger partial charge in [-0.15, -0.1) is 15.0 Å². The van der Waals surface area contributed by atoms with Crippen molar-refractivity contribution in [2.45, 2.75) is 13.3 Å². The predicted octanol–water partition coefficient (Wildman–Crippen LogP) is 0.642. The molecule has 2 heterocycles. The fraction of sp³-hybridized carbons (Fsp3) is 0.471. The standard InChI is InChI=1S/C17H23N5O3/c1-2-13-3-5-14(6-4-13)22-18-15(17(24)25)16(19-22)21-9-7-20(8-10-21)11-12-23/h3-6,23H,2,7-12H2,1H3,(H,24,25). The average molecular weight is 345 g/mol. The summed E-state index contributed by atoms with van der Waals surface area (Å²) < 4.78 is 0. The van der Waals surface area contributed by atoms with Gasteiger partial charge in [-0.05, 0) is 24.1 Å². The van der Waals surface area contributed by atoms with Crippen LogP contribution in [0, 0.1) is 0 Å². The molecule has 0 unspecified atom stereocenters. The zero-order valence-corrected chi connectivity index (χ0v) is 14.3. The summed E-state index contributed by atoms with van der Waals surface area (Å²) in [6.07, 6.45) is 0.941. The van der Waals surface area contributed by atoms with Crippen LogP contribution in [0.25, 0.3) is 5.69 Å². The smallest absolute Gasteiger partial charge is 0.360 e. The molecule has 0 radical (unpaired) electrons. The number of hydrogen-bond donors (Lipinski definition) is 2. The zero-order valence-electron chi connectivity index (χ0n) is 14.3. The van der Waals surface area contributed by atoms with Crippen LogP contribution < -0.4 is 4.90 Å². The molecule has 0 spiro atoms. The first-order valence-corrected chi connectivity index (χ1v) is 8.50. The van der Waals surface area contributed by atoms with Gasteiger partial charge >= 0.3 is 5.97 Å². The molecule has 0 atom stereocenters. The third-order valence-corrected chi connectivity index (χ3v) is 4.46. The normalized spacial score (nSPS) is 15.5. The van der Waals surface area contributed by atoms with Gasteiger partial charge in [-0.1, -0.05) is 19.1 Å². The quantitative estimate of drug-likeness (QED) is 0.793. The van der Waals surface area contributed by atoms with Gasteiger partial charge in [0.05, 0.1) is 12.3 Å². The largest absolute Gasteiger partial charge is 0.476 e. The van der Waals surface area contributed by atoms with E-state index in [1.807, 2.05) is 29.2 Å². The van der Waals surface area contributed by atoms with Crippen molar-refractivity contribution in [3.63, 3.8) is 0 Å². The van der Waals surface area contributed by atoms with Crippen molar-refractivity contribution < 1.29 is 15.0 Å². The minimum Gasteiger partial charge on any atom is -0.476 e. The van der Waals surface area contributed by atoms with Crippen LogP contribution in [0.3, 0.4) is 0 Å². The fourth-order valence-corrected chi connectivity index (χ4v) is 2.96. The summed E-state index contributed by atoms with van der Waals surface area (Å²) in [6.45, 7) is 5.69. The summed E-state index contributed by atoms with van der Waals surface area (Å²) in [5.41, 5.74) is 1.91. The molecule has 2 N–H and O–H groups in total. The number of carboxylic acids is 1. The molecule has 1 aromatic carbocycles. The first kappa shape index (κ1) is 17.4. The number of piperazine rings is 1. The van der Waals surface area contributed by atoms with E-state index < -0.39 is 5.97 Å². The Morgan fingerprint density at radius 2 is 1.80 bits per heavy atom. The van der Waals surface area contributed by atoms with Crippen molar-refractivity contribution in [2.75, 3.05) is 44.2 Å². The summed E-state index contributed by atoms with van der Waals surface area (Å²) in [6, 6.07) is 7.78. The molecule has 3 rings (SSSR count). The van der Waals surface area contributed by atoms with Gasteiger partial charge in [0.2, 0.25) is 5.69 Å². The lowest BCUT2D eigenvalue weighted by atomic mass is 10.2. The molecule has 25 heavy (non-hydrogen) atoms. The highest BCUT2D eigenvalue weighted by Gasteiger charge is 2.26. The molecule has 134 valence electrons. The van der Waals surface area contributed by atoms with Crippen molar-refractivity contribution in [3.8, 4) is 5.69 Å². The number of benzene rings is 1. The van der Waals surface area contributed by atoms with E-state index in [0.717, 1.165) is 25.2 Å². The van der Waals surface area contributed by atoms with Crippen LogP contribution >= 0.6 is 0 Å². The SMILES string of the molecule is CCc1ccc(-n2nc(C(=O)O)c(N3CCN(CCO)CC3)n2)cc1. The number of aromatic nitrogens is 3. The number of nitrogens with zero attached hydrogens (tertiary/aromatic N) is 5. The van der Waals surface area contributed by atoms with E-state index in [1.54, 1.807) is 0 Å². The third kappa shape index (κ3) is 3.80. The van der Waals surface area contributed by atoms with E-state index >= 15 is 0 Å². The Hall–Kier alpha value is -2.45. The Bertz CT molecular complexity index is 720. The fourth-order valence-electron chi connectivity index (χ4n) is 2.96. The molecule has 1 aliphatic rings. The number of hydrogen-bond acceptors (Lipinski definition) is 6. The highest BCUT2D eigenvalue weighted by atomic mass is 16.4. The van der Waals surface area contributed by atoms with Crippen molar-refractivity contribution in [2.24, 2.45) is 0 Å². The molecular formula is C17H23N5O3. The van der Waals surface area contributed by atoms with E-state index in [2.05, 4.69) is 22.0 Å². The maximum absolute atomic E-state index is 11.6. The molecule has 8 heteroatoms. The van der Waals surface area contributed by atoms with Crippen LogP contribution in [-0.4, -0.2) is 75.4 Å². The lowest BCUT2D eigenvalue weighted by molar-refractivity contribution is 0.0690. The van der Waals surface area contributed by atoms with Gasteiger partial charge in [0, 0.05) is 32.7 Å². The minimum atomic E-state index is -1.08. The van der Waals surface area contributed by atoms with Gasteiger partial charge in [-0.3, -0.25) is 4.90 Å². The van der Waals surface area contributed by atoms with Crippen LogP contribution in [0.5, 0.6) is 0 Å². The van der Waals surface area contributed by atoms with E-state index in [9.17, 15) is 9.90 Å². The van der Waals surface area contributed by atoms with Crippen LogP contribution in [0.15, 0.2) is 24.3 Å². The highest BCUT2D eigenvalue weighted by Crippen LogP contribution is 2.20. The number of rotatable bonds is 6. The Balaban J connectivity index is 1.84. The van der Waals surface area contributed by atoms with Crippen LogP contribution in [-0.2, 0) is 6.42 Å². The van der Waals surface area contributed by atoms with Gasteiger partial charge in [0.1, 0.15) is 0 Å². The number of aliphatic hydroxyl groups is 1. The summed E-state index contributed by atoms with van der Waals surface area (Å²) in [4.78, 5) is 17.1. The van der Waals surface area contributed by atoms with E-state index in [-0.39, 0.29) is 12.3 Å². The maximum atomic E-state index is 11.6.